The molecule has 0 saturated carbocycles. The Balaban J connectivity index is 1.52. The van der Waals surface area contributed by atoms with E-state index in [1.165, 1.54) is 17.1 Å². The van der Waals surface area contributed by atoms with Crippen molar-refractivity contribution < 1.29 is 14.4 Å². The minimum atomic E-state index is -0.246. The van der Waals surface area contributed by atoms with Crippen LogP contribution in [0.1, 0.15) is 31.2 Å². The Morgan fingerprint density at radius 2 is 1.90 bits per heavy atom. The lowest BCUT2D eigenvalue weighted by atomic mass is 10.2. The van der Waals surface area contributed by atoms with Gasteiger partial charge in [0.15, 0.2) is 0 Å². The number of nitrogens with zero attached hydrogens (tertiary/aromatic N) is 1. The summed E-state index contributed by atoms with van der Waals surface area (Å²) in [7, 11) is 0. The van der Waals surface area contributed by atoms with Crippen LogP contribution in [0.15, 0.2) is 30.6 Å². The fraction of sp³-hybridized carbons (Fsp3) is 0.400. The molecular formula is C15H19N3O3. The molecule has 0 radical (unpaired) electrons. The molecule has 112 valence electrons. The van der Waals surface area contributed by atoms with Crippen LogP contribution in [0, 0.1) is 0 Å². The van der Waals surface area contributed by atoms with E-state index in [0.29, 0.717) is 19.5 Å². The molecule has 1 aromatic rings. The van der Waals surface area contributed by atoms with Crippen LogP contribution in [-0.2, 0) is 20.9 Å². The molecule has 0 spiro atoms. The molecule has 0 aromatic carbocycles. The van der Waals surface area contributed by atoms with Crippen LogP contribution in [0.3, 0.4) is 0 Å². The molecule has 0 aliphatic carbocycles. The van der Waals surface area contributed by atoms with Gasteiger partial charge in [0.2, 0.25) is 5.91 Å². The number of imide groups is 1. The summed E-state index contributed by atoms with van der Waals surface area (Å²) in [6.07, 6.45) is 9.00. The Hall–Kier alpha value is -2.37. The zero-order valence-electron chi connectivity index (χ0n) is 11.8. The molecule has 1 aromatic heterocycles. The van der Waals surface area contributed by atoms with Crippen molar-refractivity contribution in [1.29, 1.82) is 0 Å². The first kappa shape index (κ1) is 15.0. The van der Waals surface area contributed by atoms with E-state index < -0.39 is 0 Å². The fourth-order valence-electron chi connectivity index (χ4n) is 2.14. The summed E-state index contributed by atoms with van der Waals surface area (Å²) in [5.41, 5.74) is 1.04. The maximum absolute atomic E-state index is 11.6. The van der Waals surface area contributed by atoms with Gasteiger partial charge in [-0.25, -0.2) is 0 Å². The summed E-state index contributed by atoms with van der Waals surface area (Å²) < 4.78 is 0. The predicted molar refractivity (Wildman–Crippen MR) is 77.0 cm³/mol. The molecule has 2 N–H and O–H groups in total. The molecule has 1 aliphatic rings. The highest BCUT2D eigenvalue weighted by Gasteiger charge is 2.22. The summed E-state index contributed by atoms with van der Waals surface area (Å²) in [5, 5.41) is 2.84. The van der Waals surface area contributed by atoms with E-state index in [1.54, 1.807) is 0 Å². The molecule has 2 heterocycles. The van der Waals surface area contributed by atoms with Crippen molar-refractivity contribution in [1.82, 2.24) is 15.2 Å². The Labute approximate surface area is 123 Å². The lowest BCUT2D eigenvalue weighted by molar-refractivity contribution is -0.136. The number of amides is 3. The van der Waals surface area contributed by atoms with Crippen molar-refractivity contribution in [3.05, 3.63) is 36.2 Å². The zero-order valence-corrected chi connectivity index (χ0v) is 11.8. The molecule has 2 rings (SSSR count). The molecule has 3 amide bonds. The third kappa shape index (κ3) is 4.59. The smallest absolute Gasteiger partial charge is 0.253 e. The standard InChI is InChI=1S/C15H19N3O3/c19-13(17-11-12-7-8-16-10-12)4-2-1-3-9-18-14(20)5-6-15(18)21/h5-8,10,16H,1-4,9,11H2,(H,17,19). The molecule has 6 heteroatoms. The Morgan fingerprint density at radius 1 is 1.14 bits per heavy atom. The summed E-state index contributed by atoms with van der Waals surface area (Å²) in [5.74, 6) is -0.473. The van der Waals surface area contributed by atoms with Crippen molar-refractivity contribution in [2.45, 2.75) is 32.2 Å². The van der Waals surface area contributed by atoms with Gasteiger partial charge in [-0.15, -0.1) is 0 Å². The second-order valence-electron chi connectivity index (χ2n) is 4.97. The lowest BCUT2D eigenvalue weighted by Crippen LogP contribution is -2.30. The van der Waals surface area contributed by atoms with E-state index in [0.717, 1.165) is 24.8 Å². The number of carbonyl (C=O) groups excluding carboxylic acids is 3. The number of rotatable bonds is 8. The monoisotopic (exact) mass is 289 g/mol. The van der Waals surface area contributed by atoms with Gasteiger partial charge in [0.1, 0.15) is 0 Å². The molecule has 6 nitrogen and oxygen atoms in total. The molecule has 0 fully saturated rings. The normalized spacial score (nSPS) is 14.0. The molecular weight excluding hydrogens is 270 g/mol. The van der Waals surface area contributed by atoms with Crippen LogP contribution >= 0.6 is 0 Å². The number of carbonyl (C=O) groups is 3. The van der Waals surface area contributed by atoms with Crippen molar-refractivity contribution in [2.24, 2.45) is 0 Å². The highest BCUT2D eigenvalue weighted by Crippen LogP contribution is 2.07. The van der Waals surface area contributed by atoms with Gasteiger partial charge in [-0.05, 0) is 24.5 Å². The first-order valence-corrected chi connectivity index (χ1v) is 7.09. The topological polar surface area (TPSA) is 82.3 Å². The van der Waals surface area contributed by atoms with Gasteiger partial charge in [0, 0.05) is 44.1 Å². The van der Waals surface area contributed by atoms with Crippen LogP contribution in [0.5, 0.6) is 0 Å². The molecule has 0 saturated heterocycles. The SMILES string of the molecule is O=C(CCCCCN1C(=O)C=CC1=O)NCc1cc[nH]c1. The van der Waals surface area contributed by atoms with Gasteiger partial charge >= 0.3 is 0 Å². The van der Waals surface area contributed by atoms with E-state index >= 15 is 0 Å². The number of hydrogen-bond acceptors (Lipinski definition) is 3. The van der Waals surface area contributed by atoms with Crippen LogP contribution < -0.4 is 5.32 Å². The zero-order chi connectivity index (χ0) is 15.1. The number of aromatic nitrogens is 1. The number of nitrogens with one attached hydrogen (secondary N) is 2. The summed E-state index contributed by atoms with van der Waals surface area (Å²) in [4.78, 5) is 38.4. The number of unbranched alkanes of at least 4 members (excludes halogenated alkanes) is 2. The van der Waals surface area contributed by atoms with Crippen molar-refractivity contribution in [2.75, 3.05) is 6.54 Å². The van der Waals surface area contributed by atoms with Crippen molar-refractivity contribution in [3.63, 3.8) is 0 Å². The summed E-state index contributed by atoms with van der Waals surface area (Å²) in [6.45, 7) is 0.959. The Morgan fingerprint density at radius 3 is 2.57 bits per heavy atom. The average molecular weight is 289 g/mol. The lowest BCUT2D eigenvalue weighted by Gasteiger charge is -2.13. The molecule has 21 heavy (non-hydrogen) atoms. The van der Waals surface area contributed by atoms with E-state index in [2.05, 4.69) is 10.3 Å². The number of hydrogen-bond donors (Lipinski definition) is 2. The summed E-state index contributed by atoms with van der Waals surface area (Å²) >= 11 is 0. The largest absolute Gasteiger partial charge is 0.367 e. The Bertz CT molecular complexity index is 516. The highest BCUT2D eigenvalue weighted by molar-refractivity contribution is 6.12. The Kier molecular flexibility index (Phi) is 5.31. The van der Waals surface area contributed by atoms with Gasteiger partial charge in [0.25, 0.3) is 11.8 Å². The molecule has 1 aliphatic heterocycles. The third-order valence-corrected chi connectivity index (χ3v) is 3.34. The van der Waals surface area contributed by atoms with E-state index in [1.807, 2.05) is 18.5 Å². The van der Waals surface area contributed by atoms with Crippen LogP contribution in [0.4, 0.5) is 0 Å². The first-order chi connectivity index (χ1) is 10.2. The van der Waals surface area contributed by atoms with E-state index in [4.69, 9.17) is 0 Å². The minimum Gasteiger partial charge on any atom is -0.367 e. The van der Waals surface area contributed by atoms with Crippen LogP contribution in [-0.4, -0.2) is 34.2 Å². The maximum Gasteiger partial charge on any atom is 0.253 e. The van der Waals surface area contributed by atoms with Gasteiger partial charge in [-0.2, -0.15) is 0 Å². The van der Waals surface area contributed by atoms with E-state index in [-0.39, 0.29) is 17.7 Å². The maximum atomic E-state index is 11.6. The van der Waals surface area contributed by atoms with Gasteiger partial charge in [-0.3, -0.25) is 19.3 Å². The quantitative estimate of drug-likeness (QED) is 0.555. The van der Waals surface area contributed by atoms with Gasteiger partial charge in [0.05, 0.1) is 0 Å². The molecule has 0 bridgehead atoms. The second-order valence-corrected chi connectivity index (χ2v) is 4.97. The third-order valence-electron chi connectivity index (χ3n) is 3.34. The van der Waals surface area contributed by atoms with Crippen LogP contribution in [0.2, 0.25) is 0 Å². The minimum absolute atomic E-state index is 0.0196. The number of H-pyrrole nitrogens is 1. The second kappa shape index (κ2) is 7.42. The van der Waals surface area contributed by atoms with Gasteiger partial charge < -0.3 is 10.3 Å². The first-order valence-electron chi connectivity index (χ1n) is 7.09. The van der Waals surface area contributed by atoms with Gasteiger partial charge in [-0.1, -0.05) is 6.42 Å². The average Bonchev–Trinajstić information content (AvgIpc) is 3.09. The van der Waals surface area contributed by atoms with Crippen molar-refractivity contribution >= 4 is 17.7 Å². The molecule has 0 unspecified atom stereocenters. The van der Waals surface area contributed by atoms with Crippen molar-refractivity contribution in [3.8, 4) is 0 Å². The van der Waals surface area contributed by atoms with E-state index in [9.17, 15) is 14.4 Å². The fourth-order valence-corrected chi connectivity index (χ4v) is 2.14. The number of aromatic amines is 1. The summed E-state index contributed by atoms with van der Waals surface area (Å²) in [6, 6.07) is 1.92. The predicted octanol–water partition coefficient (Wildman–Crippen LogP) is 1.12. The molecule has 0 atom stereocenters. The van der Waals surface area contributed by atoms with Crippen LogP contribution in [0.25, 0.3) is 0 Å². The highest BCUT2D eigenvalue weighted by atomic mass is 16.2.